The average Bonchev–Trinajstić information content (AvgIpc) is 3.54. The van der Waals surface area contributed by atoms with Crippen LogP contribution in [-0.4, -0.2) is 45.7 Å². The monoisotopic (exact) mass is 454 g/mol. The van der Waals surface area contributed by atoms with Crippen LogP contribution >= 0.6 is 0 Å². The maximum Gasteiger partial charge on any atom is 0.270 e. The maximum atomic E-state index is 13.0. The highest BCUT2D eigenvalue weighted by Gasteiger charge is 2.23. The number of anilines is 3. The number of rotatable bonds is 4. The summed E-state index contributed by atoms with van der Waals surface area (Å²) in [5.41, 5.74) is 2.42. The summed E-state index contributed by atoms with van der Waals surface area (Å²) in [4.78, 5) is 28.0. The van der Waals surface area contributed by atoms with Crippen LogP contribution in [0.15, 0.2) is 41.3 Å². The minimum atomic E-state index is -0.263. The van der Waals surface area contributed by atoms with Gasteiger partial charge in [0, 0.05) is 60.4 Å². The number of piperazine rings is 1. The molecule has 0 amide bonds. The van der Waals surface area contributed by atoms with Crippen molar-refractivity contribution in [2.75, 3.05) is 36.4 Å². The van der Waals surface area contributed by atoms with Crippen molar-refractivity contribution in [2.24, 2.45) is 0 Å². The van der Waals surface area contributed by atoms with Crippen LogP contribution in [0.2, 0.25) is 0 Å². The van der Waals surface area contributed by atoms with Crippen LogP contribution in [0.1, 0.15) is 37.3 Å². The highest BCUT2D eigenvalue weighted by molar-refractivity contribution is 5.88. The van der Waals surface area contributed by atoms with E-state index in [0.29, 0.717) is 17.0 Å². The van der Waals surface area contributed by atoms with Gasteiger partial charge in [-0.05, 0) is 43.2 Å². The Kier molecular flexibility index (Phi) is 5.15. The van der Waals surface area contributed by atoms with Gasteiger partial charge < -0.3 is 20.5 Å². The second kappa shape index (κ2) is 8.47. The van der Waals surface area contributed by atoms with Crippen molar-refractivity contribution in [1.29, 1.82) is 5.26 Å². The maximum absolute atomic E-state index is 13.0. The van der Waals surface area contributed by atoms with E-state index in [1.54, 1.807) is 16.8 Å². The lowest BCUT2D eigenvalue weighted by Crippen LogP contribution is -2.43. The molecular weight excluding hydrogens is 428 g/mol. The first-order valence-corrected chi connectivity index (χ1v) is 11.9. The predicted molar refractivity (Wildman–Crippen MR) is 133 cm³/mol. The van der Waals surface area contributed by atoms with Crippen molar-refractivity contribution in [2.45, 2.75) is 31.7 Å². The van der Waals surface area contributed by atoms with Gasteiger partial charge in [-0.3, -0.25) is 9.36 Å². The Morgan fingerprint density at radius 1 is 1.09 bits per heavy atom. The zero-order chi connectivity index (χ0) is 23.1. The van der Waals surface area contributed by atoms with Gasteiger partial charge in [0.25, 0.3) is 5.56 Å². The fourth-order valence-corrected chi connectivity index (χ4v) is 5.16. The SMILES string of the molecule is N#Cc1cc2cnc(Nc3ccc4[nH]c(N5CCNCC5)cc4c3)nc2n(C2CCCC2)c1=O. The van der Waals surface area contributed by atoms with Gasteiger partial charge >= 0.3 is 0 Å². The third kappa shape index (κ3) is 3.66. The summed E-state index contributed by atoms with van der Waals surface area (Å²) in [6.07, 6.45) is 5.70. The molecule has 0 spiro atoms. The first kappa shape index (κ1) is 20.7. The number of aromatic amines is 1. The second-order valence-corrected chi connectivity index (χ2v) is 9.07. The lowest BCUT2D eigenvalue weighted by molar-refractivity contribution is 0.515. The van der Waals surface area contributed by atoms with E-state index in [0.717, 1.165) is 74.3 Å². The summed E-state index contributed by atoms with van der Waals surface area (Å²) < 4.78 is 1.71. The van der Waals surface area contributed by atoms with Gasteiger partial charge in [0.1, 0.15) is 23.1 Å². The van der Waals surface area contributed by atoms with Crippen LogP contribution in [0.4, 0.5) is 17.5 Å². The molecule has 1 aliphatic heterocycles. The third-order valence-corrected chi connectivity index (χ3v) is 6.90. The number of benzene rings is 1. The number of H-pyrrole nitrogens is 1. The molecule has 9 heteroatoms. The summed E-state index contributed by atoms with van der Waals surface area (Å²) in [5, 5.41) is 17.9. The number of nitrogens with zero attached hydrogens (tertiary/aromatic N) is 5. The molecule has 1 aliphatic carbocycles. The minimum Gasteiger partial charge on any atom is -0.356 e. The molecule has 4 heterocycles. The number of nitriles is 1. The first-order chi connectivity index (χ1) is 16.7. The molecule has 1 saturated carbocycles. The van der Waals surface area contributed by atoms with Gasteiger partial charge in [0.05, 0.1) is 0 Å². The standard InChI is InChI=1S/C25H26N8O/c26-14-17-11-18-15-28-25(31-23(18)33(24(17)34)20-3-1-2-4-20)29-19-5-6-21-16(12-19)13-22(30-21)32-9-7-27-8-10-32/h5-6,11-13,15,20,27,30H,1-4,7-10H2,(H,28,29,31). The molecule has 0 unspecified atom stereocenters. The summed E-state index contributed by atoms with van der Waals surface area (Å²) in [6, 6.07) is 12.0. The van der Waals surface area contributed by atoms with Crippen molar-refractivity contribution < 1.29 is 0 Å². The third-order valence-electron chi connectivity index (χ3n) is 6.90. The smallest absolute Gasteiger partial charge is 0.270 e. The average molecular weight is 455 g/mol. The Hall–Kier alpha value is -3.90. The van der Waals surface area contributed by atoms with Gasteiger partial charge in [0.2, 0.25) is 5.95 Å². The zero-order valence-electron chi connectivity index (χ0n) is 18.8. The summed E-state index contributed by atoms with van der Waals surface area (Å²) in [6.45, 7) is 3.95. The van der Waals surface area contributed by atoms with Crippen molar-refractivity contribution in [1.82, 2.24) is 24.8 Å². The van der Waals surface area contributed by atoms with Gasteiger partial charge in [-0.2, -0.15) is 10.2 Å². The first-order valence-electron chi connectivity index (χ1n) is 11.9. The molecule has 0 bridgehead atoms. The Bertz CT molecular complexity index is 1470. The lowest BCUT2D eigenvalue weighted by Gasteiger charge is -2.27. The fraction of sp³-hybridized carbons (Fsp3) is 0.360. The number of hydrogen-bond donors (Lipinski definition) is 3. The summed E-state index contributed by atoms with van der Waals surface area (Å²) in [5.74, 6) is 1.56. The van der Waals surface area contributed by atoms with Crippen LogP contribution in [0.25, 0.3) is 21.9 Å². The molecule has 2 fully saturated rings. The number of nitrogens with one attached hydrogen (secondary N) is 3. The Morgan fingerprint density at radius 3 is 2.71 bits per heavy atom. The van der Waals surface area contributed by atoms with E-state index in [1.807, 2.05) is 12.1 Å². The highest BCUT2D eigenvalue weighted by atomic mass is 16.1. The van der Waals surface area contributed by atoms with Crippen LogP contribution in [0.5, 0.6) is 0 Å². The van der Waals surface area contributed by atoms with E-state index in [4.69, 9.17) is 4.98 Å². The van der Waals surface area contributed by atoms with E-state index in [-0.39, 0.29) is 17.2 Å². The van der Waals surface area contributed by atoms with Gasteiger partial charge in [-0.15, -0.1) is 0 Å². The van der Waals surface area contributed by atoms with Crippen LogP contribution in [0.3, 0.4) is 0 Å². The quantitative estimate of drug-likeness (QED) is 0.433. The molecule has 4 aromatic rings. The predicted octanol–water partition coefficient (Wildman–Crippen LogP) is 3.41. The molecule has 0 radical (unpaired) electrons. The summed E-state index contributed by atoms with van der Waals surface area (Å²) >= 11 is 0. The molecule has 1 saturated heterocycles. The van der Waals surface area contributed by atoms with E-state index in [1.165, 1.54) is 0 Å². The van der Waals surface area contributed by atoms with Crippen molar-refractivity contribution in [3.8, 4) is 6.07 Å². The van der Waals surface area contributed by atoms with Crippen LogP contribution < -0.4 is 21.1 Å². The molecule has 2 aliphatic rings. The molecule has 3 N–H and O–H groups in total. The normalized spacial score (nSPS) is 16.9. The fourth-order valence-electron chi connectivity index (χ4n) is 5.16. The largest absolute Gasteiger partial charge is 0.356 e. The molecule has 9 nitrogen and oxygen atoms in total. The van der Waals surface area contributed by atoms with Crippen LogP contribution in [-0.2, 0) is 0 Å². The highest BCUT2D eigenvalue weighted by Crippen LogP contribution is 2.31. The minimum absolute atomic E-state index is 0.0747. The van der Waals surface area contributed by atoms with E-state index in [9.17, 15) is 10.1 Å². The van der Waals surface area contributed by atoms with Crippen LogP contribution in [0, 0.1) is 11.3 Å². The number of pyridine rings is 1. The Labute approximate surface area is 196 Å². The Balaban J connectivity index is 1.35. The number of hydrogen-bond acceptors (Lipinski definition) is 7. The van der Waals surface area contributed by atoms with Gasteiger partial charge in [0.15, 0.2) is 0 Å². The lowest BCUT2D eigenvalue weighted by atomic mass is 10.2. The van der Waals surface area contributed by atoms with Crippen molar-refractivity contribution >= 4 is 39.4 Å². The van der Waals surface area contributed by atoms with Crippen molar-refractivity contribution in [3.63, 3.8) is 0 Å². The molecule has 172 valence electrons. The topological polar surface area (TPSA) is 115 Å². The summed E-state index contributed by atoms with van der Waals surface area (Å²) in [7, 11) is 0. The van der Waals surface area contributed by atoms with Gasteiger partial charge in [-0.1, -0.05) is 12.8 Å². The molecule has 3 aromatic heterocycles. The molecule has 0 atom stereocenters. The van der Waals surface area contributed by atoms with E-state index >= 15 is 0 Å². The Morgan fingerprint density at radius 2 is 1.91 bits per heavy atom. The van der Waals surface area contributed by atoms with Crippen molar-refractivity contribution in [3.05, 3.63) is 52.4 Å². The van der Waals surface area contributed by atoms with E-state index < -0.39 is 0 Å². The molecular formula is C25H26N8O. The molecule has 6 rings (SSSR count). The van der Waals surface area contributed by atoms with Gasteiger partial charge in [-0.25, -0.2) is 4.98 Å². The number of aromatic nitrogens is 4. The second-order valence-electron chi connectivity index (χ2n) is 9.07. The number of fused-ring (bicyclic) bond motifs is 2. The van der Waals surface area contributed by atoms with E-state index in [2.05, 4.69) is 43.7 Å². The zero-order valence-corrected chi connectivity index (χ0v) is 18.8. The molecule has 34 heavy (non-hydrogen) atoms. The molecule has 1 aromatic carbocycles.